The molecule has 170 valence electrons. The zero-order valence-electron chi connectivity index (χ0n) is 16.9. The minimum absolute atomic E-state index is 0.0162. The third kappa shape index (κ3) is 4.10. The predicted octanol–water partition coefficient (Wildman–Crippen LogP) is 3.93. The van der Waals surface area contributed by atoms with Gasteiger partial charge in [-0.05, 0) is 31.0 Å². The minimum atomic E-state index is -1.67. The smallest absolute Gasteiger partial charge is 0.197 e. The lowest BCUT2D eigenvalue weighted by molar-refractivity contribution is -0.0942. The number of hydrogen-bond acceptors (Lipinski definition) is 6. The molecule has 3 heterocycles. The summed E-state index contributed by atoms with van der Waals surface area (Å²) in [6, 6.07) is 7.87. The molecule has 4 aromatic rings. The summed E-state index contributed by atoms with van der Waals surface area (Å²) in [6.07, 6.45) is 2.67. The van der Waals surface area contributed by atoms with E-state index in [2.05, 4.69) is 20.6 Å². The largest absolute Gasteiger partial charge is 0.391 e. The number of aliphatic hydroxyl groups is 1. The van der Waals surface area contributed by atoms with Crippen LogP contribution in [0.3, 0.4) is 0 Å². The van der Waals surface area contributed by atoms with Crippen LogP contribution >= 0.6 is 11.6 Å². The van der Waals surface area contributed by atoms with E-state index in [0.717, 1.165) is 10.7 Å². The molecule has 0 unspecified atom stereocenters. The number of rotatable bonds is 4. The molecule has 1 aliphatic heterocycles. The highest BCUT2D eigenvalue weighted by molar-refractivity contribution is 6.30. The number of halogens is 4. The Kier molecular flexibility index (Phi) is 5.60. The van der Waals surface area contributed by atoms with Gasteiger partial charge in [0.05, 0.1) is 25.1 Å². The molecule has 0 aliphatic carbocycles. The normalized spacial score (nSPS) is 18.6. The highest BCUT2D eigenvalue weighted by Gasteiger charge is 2.26. The predicted molar refractivity (Wildman–Crippen MR) is 111 cm³/mol. The summed E-state index contributed by atoms with van der Waals surface area (Å²) in [5.41, 5.74) is 0.322. The molecule has 0 saturated carbocycles. The van der Waals surface area contributed by atoms with Gasteiger partial charge < -0.3 is 9.84 Å². The summed E-state index contributed by atoms with van der Waals surface area (Å²) >= 11 is 5.99. The van der Waals surface area contributed by atoms with Crippen LogP contribution in [0.4, 0.5) is 13.2 Å². The highest BCUT2D eigenvalue weighted by Crippen LogP contribution is 2.31. The van der Waals surface area contributed by atoms with Crippen LogP contribution in [0, 0.1) is 17.5 Å². The van der Waals surface area contributed by atoms with Gasteiger partial charge in [0.2, 0.25) is 0 Å². The Hall–Kier alpha value is -3.28. The Bertz CT molecular complexity index is 1320. The lowest BCUT2D eigenvalue weighted by Crippen LogP contribution is -2.27. The standard InChI is InChI=1S/C21H16ClF3N6O2/c22-12-3-1-2-11(6-12)15-8-30(28-26-15)17-7-14(19(23)21(25)20(17)24)16-9-31(29-27-16)18-5-4-13(32)10-33-18/h1-3,6-9,13,18,32H,4-5,10H2/t13-,18+/m1/s1. The van der Waals surface area contributed by atoms with Crippen LogP contribution in [0.15, 0.2) is 42.7 Å². The molecule has 33 heavy (non-hydrogen) atoms. The van der Waals surface area contributed by atoms with E-state index in [4.69, 9.17) is 16.3 Å². The van der Waals surface area contributed by atoms with Crippen molar-refractivity contribution in [1.82, 2.24) is 30.0 Å². The van der Waals surface area contributed by atoms with Gasteiger partial charge in [-0.3, -0.25) is 0 Å². The molecule has 1 fully saturated rings. The van der Waals surface area contributed by atoms with Gasteiger partial charge in [-0.25, -0.2) is 22.5 Å². The van der Waals surface area contributed by atoms with Crippen LogP contribution in [-0.4, -0.2) is 47.8 Å². The molecule has 0 radical (unpaired) electrons. The lowest BCUT2D eigenvalue weighted by atomic mass is 10.1. The third-order valence-corrected chi connectivity index (χ3v) is 5.53. The molecule has 1 saturated heterocycles. The van der Waals surface area contributed by atoms with Crippen molar-refractivity contribution in [3.63, 3.8) is 0 Å². The van der Waals surface area contributed by atoms with E-state index >= 15 is 0 Å². The van der Waals surface area contributed by atoms with Crippen molar-refractivity contribution >= 4 is 11.6 Å². The summed E-state index contributed by atoms with van der Waals surface area (Å²) < 4.78 is 51.6. The van der Waals surface area contributed by atoms with E-state index in [1.165, 1.54) is 17.1 Å². The lowest BCUT2D eigenvalue weighted by Gasteiger charge is -2.25. The van der Waals surface area contributed by atoms with Crippen molar-refractivity contribution in [1.29, 1.82) is 0 Å². The summed E-state index contributed by atoms with van der Waals surface area (Å²) in [5.74, 6) is -4.50. The first-order valence-electron chi connectivity index (χ1n) is 9.98. The minimum Gasteiger partial charge on any atom is -0.391 e. The second-order valence-corrected chi connectivity index (χ2v) is 7.98. The molecule has 12 heteroatoms. The molecule has 2 aromatic carbocycles. The summed E-state index contributed by atoms with van der Waals surface area (Å²) in [4.78, 5) is 0. The quantitative estimate of drug-likeness (QED) is 0.449. The highest BCUT2D eigenvalue weighted by atomic mass is 35.5. The van der Waals surface area contributed by atoms with Crippen LogP contribution in [0.25, 0.3) is 28.2 Å². The molecule has 8 nitrogen and oxygen atoms in total. The van der Waals surface area contributed by atoms with E-state index in [0.29, 0.717) is 29.1 Å². The van der Waals surface area contributed by atoms with Crippen LogP contribution in [0.1, 0.15) is 19.1 Å². The molecule has 0 bridgehead atoms. The fourth-order valence-corrected chi connectivity index (χ4v) is 3.77. The number of aromatic nitrogens is 6. The Morgan fingerprint density at radius 2 is 1.79 bits per heavy atom. The molecule has 2 atom stereocenters. The average Bonchev–Trinajstić information content (AvgIpc) is 3.49. The topological polar surface area (TPSA) is 90.9 Å². The van der Waals surface area contributed by atoms with Crippen molar-refractivity contribution in [2.45, 2.75) is 25.2 Å². The average molecular weight is 477 g/mol. The van der Waals surface area contributed by atoms with Gasteiger partial charge in [-0.15, -0.1) is 10.2 Å². The Balaban J connectivity index is 1.51. The Labute approximate surface area is 190 Å². The SMILES string of the molecule is O[C@@H]1CC[C@@H](n2cc(-c3cc(-n4cc(-c5cccc(Cl)c5)nn4)c(F)c(F)c3F)nn2)OC1. The van der Waals surface area contributed by atoms with E-state index in [9.17, 15) is 18.3 Å². The van der Waals surface area contributed by atoms with Crippen molar-refractivity contribution < 1.29 is 23.0 Å². The molecule has 0 amide bonds. The number of ether oxygens (including phenoxy) is 1. The van der Waals surface area contributed by atoms with Crippen molar-refractivity contribution in [2.75, 3.05) is 6.61 Å². The number of benzene rings is 2. The van der Waals surface area contributed by atoms with Crippen LogP contribution < -0.4 is 0 Å². The van der Waals surface area contributed by atoms with Crippen LogP contribution in [0.5, 0.6) is 0 Å². The Morgan fingerprint density at radius 3 is 2.55 bits per heavy atom. The summed E-state index contributed by atoms with van der Waals surface area (Å²) in [7, 11) is 0. The number of hydrogen-bond donors (Lipinski definition) is 1. The maximum absolute atomic E-state index is 14.6. The first-order chi connectivity index (χ1) is 15.9. The molecule has 0 spiro atoms. The van der Waals surface area contributed by atoms with Gasteiger partial charge in [0.1, 0.15) is 17.1 Å². The second kappa shape index (κ2) is 8.58. The monoisotopic (exact) mass is 476 g/mol. The summed E-state index contributed by atoms with van der Waals surface area (Å²) in [6.45, 7) is 0.130. The van der Waals surface area contributed by atoms with Crippen LogP contribution in [0.2, 0.25) is 5.02 Å². The van der Waals surface area contributed by atoms with E-state index in [1.54, 1.807) is 24.3 Å². The van der Waals surface area contributed by atoms with E-state index < -0.39 is 29.8 Å². The number of aliphatic hydroxyl groups excluding tert-OH is 1. The Morgan fingerprint density at radius 1 is 0.970 bits per heavy atom. The van der Waals surface area contributed by atoms with E-state index in [1.807, 2.05) is 0 Å². The first-order valence-corrected chi connectivity index (χ1v) is 10.4. The zero-order chi connectivity index (χ0) is 23.1. The van der Waals surface area contributed by atoms with Crippen molar-refractivity contribution in [3.05, 3.63) is 65.2 Å². The summed E-state index contributed by atoms with van der Waals surface area (Å²) in [5, 5.41) is 25.7. The third-order valence-electron chi connectivity index (χ3n) is 5.30. The van der Waals surface area contributed by atoms with Crippen molar-refractivity contribution in [2.24, 2.45) is 0 Å². The maximum Gasteiger partial charge on any atom is 0.197 e. The van der Waals surface area contributed by atoms with Gasteiger partial charge in [0, 0.05) is 16.1 Å². The fraction of sp³-hybridized carbons (Fsp3) is 0.238. The van der Waals surface area contributed by atoms with Gasteiger partial charge in [0.25, 0.3) is 0 Å². The van der Waals surface area contributed by atoms with E-state index in [-0.39, 0.29) is 23.6 Å². The van der Waals surface area contributed by atoms with Gasteiger partial charge in [0.15, 0.2) is 23.7 Å². The fourth-order valence-electron chi connectivity index (χ4n) is 3.58. The van der Waals surface area contributed by atoms with Gasteiger partial charge >= 0.3 is 0 Å². The first kappa shape index (κ1) is 21.6. The second-order valence-electron chi connectivity index (χ2n) is 7.55. The molecule has 1 N–H and O–H groups in total. The maximum atomic E-state index is 14.6. The molecule has 1 aliphatic rings. The van der Waals surface area contributed by atoms with Crippen molar-refractivity contribution in [3.8, 4) is 28.2 Å². The molecular formula is C21H16ClF3N6O2. The van der Waals surface area contributed by atoms with Gasteiger partial charge in [-0.1, -0.05) is 34.2 Å². The zero-order valence-corrected chi connectivity index (χ0v) is 17.6. The molecular weight excluding hydrogens is 461 g/mol. The number of nitrogens with zero attached hydrogens (tertiary/aromatic N) is 6. The van der Waals surface area contributed by atoms with Crippen LogP contribution in [-0.2, 0) is 4.74 Å². The molecule has 5 rings (SSSR count). The molecule has 2 aromatic heterocycles. The van der Waals surface area contributed by atoms with Gasteiger partial charge in [-0.2, -0.15) is 0 Å².